The number of halogens is 6. The van der Waals surface area contributed by atoms with Crippen LogP contribution in [0.2, 0.25) is 0 Å². The van der Waals surface area contributed by atoms with Crippen LogP contribution in [0.4, 0.5) is 26.3 Å². The first-order valence-electron chi connectivity index (χ1n) is 4.92. The van der Waals surface area contributed by atoms with Crippen molar-refractivity contribution in [1.82, 2.24) is 4.90 Å². The van der Waals surface area contributed by atoms with E-state index in [9.17, 15) is 35.9 Å². The molecule has 3 nitrogen and oxygen atoms in total. The van der Waals surface area contributed by atoms with Gasteiger partial charge in [0.15, 0.2) is 0 Å². The lowest BCUT2D eigenvalue weighted by molar-refractivity contribution is -0.175. The molecule has 10 heteroatoms. The van der Waals surface area contributed by atoms with E-state index in [2.05, 4.69) is 0 Å². The molecule has 0 aromatic heterocycles. The highest BCUT2D eigenvalue weighted by atomic mass is 32.2. The average molecular weight is 319 g/mol. The summed E-state index contributed by atoms with van der Waals surface area (Å²) in [6.45, 7) is 1.41. The Bertz CT molecular complexity index is 489. The standard InChI is InChI=1S/C10H7F6NO2S/c1-4-3-20-8(17(4)2)5(6(18)9(11,12)13)7(19)10(14,15)16/h3H,1-2H3. The summed E-state index contributed by atoms with van der Waals surface area (Å²) in [6, 6.07) is 0. The Morgan fingerprint density at radius 3 is 1.70 bits per heavy atom. The van der Waals surface area contributed by atoms with Crippen LogP contribution in [0, 0.1) is 0 Å². The average Bonchev–Trinajstić information content (AvgIpc) is 2.58. The summed E-state index contributed by atoms with van der Waals surface area (Å²) in [7, 11) is 1.16. The number of hydrogen-bond acceptors (Lipinski definition) is 4. The van der Waals surface area contributed by atoms with Crippen LogP contribution in [0.5, 0.6) is 0 Å². The smallest absolute Gasteiger partial charge is 0.342 e. The van der Waals surface area contributed by atoms with Gasteiger partial charge in [0, 0.05) is 12.7 Å². The first-order valence-corrected chi connectivity index (χ1v) is 5.79. The molecule has 1 aliphatic heterocycles. The highest BCUT2D eigenvalue weighted by molar-refractivity contribution is 8.06. The van der Waals surface area contributed by atoms with Gasteiger partial charge in [-0.2, -0.15) is 26.3 Å². The van der Waals surface area contributed by atoms with Crippen molar-refractivity contribution in [3.63, 3.8) is 0 Å². The zero-order valence-corrected chi connectivity index (χ0v) is 10.8. The summed E-state index contributed by atoms with van der Waals surface area (Å²) in [5.74, 6) is -5.62. The molecule has 1 aliphatic rings. The minimum absolute atomic E-state index is 0.312. The highest BCUT2D eigenvalue weighted by Gasteiger charge is 2.52. The molecule has 0 fully saturated rings. The number of thioether (sulfide) groups is 1. The van der Waals surface area contributed by atoms with Crippen LogP contribution in [0.1, 0.15) is 6.92 Å². The van der Waals surface area contributed by atoms with Gasteiger partial charge in [-0.1, -0.05) is 11.8 Å². The third kappa shape index (κ3) is 3.17. The molecule has 0 spiro atoms. The van der Waals surface area contributed by atoms with E-state index in [0.29, 0.717) is 17.5 Å². The number of nitrogens with zero attached hydrogens (tertiary/aromatic N) is 1. The van der Waals surface area contributed by atoms with Gasteiger partial charge in [-0.25, -0.2) is 0 Å². The van der Waals surface area contributed by atoms with E-state index in [4.69, 9.17) is 0 Å². The Balaban J connectivity index is 3.43. The van der Waals surface area contributed by atoms with Gasteiger partial charge in [0.1, 0.15) is 5.57 Å². The molecule has 1 heterocycles. The molecule has 0 saturated heterocycles. The van der Waals surface area contributed by atoms with Gasteiger partial charge < -0.3 is 4.90 Å². The van der Waals surface area contributed by atoms with E-state index < -0.39 is 34.5 Å². The number of carbonyl (C=O) groups excluding carboxylic acids is 2. The predicted molar refractivity (Wildman–Crippen MR) is 58.3 cm³/mol. The minimum atomic E-state index is -5.57. The van der Waals surface area contributed by atoms with Gasteiger partial charge in [-0.05, 0) is 12.3 Å². The number of rotatable bonds is 2. The van der Waals surface area contributed by atoms with Gasteiger partial charge >= 0.3 is 12.4 Å². The Kier molecular flexibility index (Phi) is 4.28. The normalized spacial score (nSPS) is 16.3. The minimum Gasteiger partial charge on any atom is -0.342 e. The fourth-order valence-electron chi connectivity index (χ4n) is 1.27. The lowest BCUT2D eigenvalue weighted by atomic mass is 10.1. The molecule has 112 valence electrons. The topological polar surface area (TPSA) is 37.4 Å². The molecule has 0 aromatic rings. The van der Waals surface area contributed by atoms with Crippen molar-refractivity contribution in [3.8, 4) is 0 Å². The largest absolute Gasteiger partial charge is 0.455 e. The molecule has 0 aliphatic carbocycles. The van der Waals surface area contributed by atoms with Crippen molar-refractivity contribution in [2.24, 2.45) is 0 Å². The van der Waals surface area contributed by atoms with Crippen LogP contribution in [0.25, 0.3) is 0 Å². The monoisotopic (exact) mass is 319 g/mol. The maximum absolute atomic E-state index is 12.4. The first-order chi connectivity index (χ1) is 8.87. The molecule has 0 radical (unpaired) electrons. The lowest BCUT2D eigenvalue weighted by Gasteiger charge is -2.19. The molecule has 0 amide bonds. The van der Waals surface area contributed by atoms with Crippen LogP contribution in [0.15, 0.2) is 21.7 Å². The summed E-state index contributed by atoms with van der Waals surface area (Å²) >= 11 is 0.457. The number of alkyl halides is 6. The molecule has 0 atom stereocenters. The second-order valence-electron chi connectivity index (χ2n) is 3.77. The van der Waals surface area contributed by atoms with Gasteiger partial charge in [-0.3, -0.25) is 9.59 Å². The van der Waals surface area contributed by atoms with E-state index in [-0.39, 0.29) is 0 Å². The molecular formula is C10H7F6NO2S. The highest BCUT2D eigenvalue weighted by Crippen LogP contribution is 2.39. The maximum Gasteiger partial charge on any atom is 0.455 e. The maximum atomic E-state index is 12.4. The van der Waals surface area contributed by atoms with Crippen molar-refractivity contribution in [2.45, 2.75) is 19.3 Å². The number of Topliss-reactive ketones (excluding diaryl/α,β-unsaturated/α-hetero) is 2. The quantitative estimate of drug-likeness (QED) is 0.339. The van der Waals surface area contributed by atoms with Crippen molar-refractivity contribution in [1.29, 1.82) is 0 Å². The summed E-state index contributed by atoms with van der Waals surface area (Å²) in [5, 5.41) is 0.551. The zero-order valence-electron chi connectivity index (χ0n) is 10.0. The molecule has 0 bridgehead atoms. The summed E-state index contributed by atoms with van der Waals surface area (Å²) < 4.78 is 74.3. The third-order valence-corrected chi connectivity index (χ3v) is 3.52. The van der Waals surface area contributed by atoms with E-state index in [1.165, 1.54) is 12.3 Å². The number of carbonyl (C=O) groups is 2. The van der Waals surface area contributed by atoms with Crippen LogP contribution in [0.3, 0.4) is 0 Å². The van der Waals surface area contributed by atoms with E-state index in [0.717, 1.165) is 11.9 Å². The molecule has 0 N–H and O–H groups in total. The molecular weight excluding hydrogens is 312 g/mol. The fraction of sp³-hybridized carbons (Fsp3) is 0.400. The second-order valence-corrected chi connectivity index (χ2v) is 4.63. The third-order valence-electron chi connectivity index (χ3n) is 2.36. The molecule has 20 heavy (non-hydrogen) atoms. The van der Waals surface area contributed by atoms with Crippen molar-refractivity contribution < 1.29 is 35.9 Å². The SMILES string of the molecule is CC1=CSC(=C(C(=O)C(F)(F)F)C(=O)C(F)(F)F)N1C. The predicted octanol–water partition coefficient (Wildman–Crippen LogP) is 3.00. The lowest BCUT2D eigenvalue weighted by Crippen LogP contribution is -2.36. The van der Waals surface area contributed by atoms with Gasteiger partial charge in [0.2, 0.25) is 0 Å². The first kappa shape index (κ1) is 16.6. The molecule has 0 unspecified atom stereocenters. The van der Waals surface area contributed by atoms with Gasteiger partial charge in [0.05, 0.1) is 5.03 Å². The number of hydrogen-bond donors (Lipinski definition) is 0. The van der Waals surface area contributed by atoms with E-state index in [1.54, 1.807) is 0 Å². The Labute approximate surface area is 113 Å². The fourth-order valence-corrected chi connectivity index (χ4v) is 2.31. The number of allylic oxidation sites excluding steroid dienone is 2. The summed E-state index contributed by atoms with van der Waals surface area (Å²) in [6.07, 6.45) is -11.1. The van der Waals surface area contributed by atoms with Crippen LogP contribution in [-0.2, 0) is 9.59 Å². The van der Waals surface area contributed by atoms with Crippen LogP contribution >= 0.6 is 11.8 Å². The summed E-state index contributed by atoms with van der Waals surface area (Å²) in [5.41, 5.74) is -1.60. The van der Waals surface area contributed by atoms with Crippen LogP contribution in [-0.4, -0.2) is 35.9 Å². The van der Waals surface area contributed by atoms with Crippen molar-refractivity contribution in [3.05, 3.63) is 21.7 Å². The Hall–Kier alpha value is -1.45. The zero-order chi connectivity index (χ0) is 15.9. The van der Waals surface area contributed by atoms with Gasteiger partial charge in [-0.15, -0.1) is 0 Å². The van der Waals surface area contributed by atoms with Crippen LogP contribution < -0.4 is 0 Å². The van der Waals surface area contributed by atoms with Crippen molar-refractivity contribution in [2.75, 3.05) is 7.05 Å². The Morgan fingerprint density at radius 2 is 1.45 bits per heavy atom. The van der Waals surface area contributed by atoms with Gasteiger partial charge in [0.25, 0.3) is 11.6 Å². The molecule has 0 saturated carbocycles. The Morgan fingerprint density at radius 1 is 1.05 bits per heavy atom. The van der Waals surface area contributed by atoms with Crippen molar-refractivity contribution >= 4 is 23.3 Å². The molecule has 1 rings (SSSR count). The molecule has 0 aromatic carbocycles. The second kappa shape index (κ2) is 5.15. The van der Waals surface area contributed by atoms with E-state index in [1.807, 2.05) is 0 Å². The summed E-state index contributed by atoms with van der Waals surface area (Å²) in [4.78, 5) is 23.2. The number of ketones is 2. The van der Waals surface area contributed by atoms with E-state index >= 15 is 0 Å².